The van der Waals surface area contributed by atoms with Crippen LogP contribution in [-0.4, -0.2) is 41.2 Å². The molecule has 0 spiro atoms. The highest BCUT2D eigenvalue weighted by Gasteiger charge is 2.34. The molecule has 0 aliphatic carbocycles. The molecular formula is C26H29N5O4. The largest absolute Gasteiger partial charge is 0.497 e. The molecule has 182 valence electrons. The van der Waals surface area contributed by atoms with Crippen molar-refractivity contribution in [1.82, 2.24) is 9.78 Å². The van der Waals surface area contributed by atoms with E-state index in [1.807, 2.05) is 0 Å². The third-order valence-corrected chi connectivity index (χ3v) is 6.04. The van der Waals surface area contributed by atoms with Gasteiger partial charge in [-0.3, -0.25) is 14.4 Å². The van der Waals surface area contributed by atoms with Crippen molar-refractivity contribution >= 4 is 29.1 Å². The number of nitrogens with zero attached hydrogens (tertiary/aromatic N) is 3. The fraction of sp³-hybridized carbons (Fsp3) is 0.308. The molecule has 0 saturated heterocycles. The molecule has 9 nitrogen and oxygen atoms in total. The molecule has 35 heavy (non-hydrogen) atoms. The van der Waals surface area contributed by atoms with Gasteiger partial charge >= 0.3 is 0 Å². The normalized spacial score (nSPS) is 12.9. The maximum atomic E-state index is 13.6. The molecule has 0 fully saturated rings. The highest BCUT2D eigenvalue weighted by molar-refractivity contribution is 6.09. The van der Waals surface area contributed by atoms with Gasteiger partial charge in [0, 0.05) is 29.9 Å². The van der Waals surface area contributed by atoms with E-state index in [4.69, 9.17) is 10.5 Å². The molecule has 2 heterocycles. The lowest BCUT2D eigenvalue weighted by Crippen LogP contribution is -2.39. The first-order valence-corrected chi connectivity index (χ1v) is 11.7. The Morgan fingerprint density at radius 1 is 1.06 bits per heavy atom. The van der Waals surface area contributed by atoms with Gasteiger partial charge in [-0.1, -0.05) is 19.8 Å². The van der Waals surface area contributed by atoms with Gasteiger partial charge in [0.1, 0.15) is 11.4 Å². The molecule has 4 rings (SSSR count). The van der Waals surface area contributed by atoms with Crippen LogP contribution in [-0.2, 0) is 11.2 Å². The van der Waals surface area contributed by atoms with Crippen LogP contribution in [0.3, 0.4) is 0 Å². The Hall–Kier alpha value is -4.14. The Labute approximate surface area is 203 Å². The molecule has 1 aromatic heterocycles. The molecule has 2 aromatic carbocycles. The fourth-order valence-corrected chi connectivity index (χ4v) is 4.20. The van der Waals surface area contributed by atoms with Gasteiger partial charge in [-0.05, 0) is 61.4 Å². The topological polar surface area (TPSA) is 120 Å². The second-order valence-corrected chi connectivity index (χ2v) is 8.41. The average Bonchev–Trinajstić information content (AvgIpc) is 3.26. The van der Waals surface area contributed by atoms with Crippen molar-refractivity contribution in [3.05, 3.63) is 65.5 Å². The van der Waals surface area contributed by atoms with E-state index in [1.165, 1.54) is 4.68 Å². The number of amides is 3. The molecule has 0 unspecified atom stereocenters. The van der Waals surface area contributed by atoms with Gasteiger partial charge in [-0.15, -0.1) is 0 Å². The number of fused-ring (bicyclic) bond motifs is 1. The summed E-state index contributed by atoms with van der Waals surface area (Å²) >= 11 is 0. The molecule has 1 aliphatic rings. The number of ether oxygens (including phenoxy) is 1. The second kappa shape index (κ2) is 10.4. The second-order valence-electron chi connectivity index (χ2n) is 8.41. The SMILES string of the molecule is CCCCCC(=O)Nc1ccc(N2CCc3c(C(N)=O)nn(-c4ccc(OC)cc4)c3C2=O)cc1. The van der Waals surface area contributed by atoms with Crippen molar-refractivity contribution in [2.24, 2.45) is 5.73 Å². The number of benzene rings is 2. The van der Waals surface area contributed by atoms with Crippen molar-refractivity contribution in [1.29, 1.82) is 0 Å². The molecule has 0 atom stereocenters. The summed E-state index contributed by atoms with van der Waals surface area (Å²) in [5.41, 5.74) is 8.51. The number of rotatable bonds is 9. The lowest BCUT2D eigenvalue weighted by molar-refractivity contribution is -0.116. The van der Waals surface area contributed by atoms with Crippen LogP contribution in [0.5, 0.6) is 5.75 Å². The highest BCUT2D eigenvalue weighted by atomic mass is 16.5. The van der Waals surface area contributed by atoms with Gasteiger partial charge in [-0.25, -0.2) is 4.68 Å². The van der Waals surface area contributed by atoms with Crippen LogP contribution in [0.25, 0.3) is 5.69 Å². The molecule has 3 amide bonds. The minimum absolute atomic E-state index is 0.0211. The summed E-state index contributed by atoms with van der Waals surface area (Å²) in [6.07, 6.45) is 3.87. The van der Waals surface area contributed by atoms with E-state index in [9.17, 15) is 14.4 Å². The average molecular weight is 476 g/mol. The monoisotopic (exact) mass is 475 g/mol. The number of hydrogen-bond donors (Lipinski definition) is 2. The van der Waals surface area contributed by atoms with Gasteiger partial charge in [0.05, 0.1) is 12.8 Å². The number of methoxy groups -OCH3 is 1. The van der Waals surface area contributed by atoms with Crippen LogP contribution < -0.4 is 20.7 Å². The van der Waals surface area contributed by atoms with Gasteiger partial charge in [-0.2, -0.15) is 5.10 Å². The molecular weight excluding hydrogens is 446 g/mol. The molecule has 3 aromatic rings. The Kier molecular flexibility index (Phi) is 7.14. The molecule has 0 bridgehead atoms. The smallest absolute Gasteiger partial charge is 0.277 e. The van der Waals surface area contributed by atoms with Crippen LogP contribution >= 0.6 is 0 Å². The third-order valence-electron chi connectivity index (χ3n) is 6.04. The quantitative estimate of drug-likeness (QED) is 0.457. The highest BCUT2D eigenvalue weighted by Crippen LogP contribution is 2.30. The van der Waals surface area contributed by atoms with E-state index in [0.29, 0.717) is 53.5 Å². The number of hydrogen-bond acceptors (Lipinski definition) is 5. The zero-order valence-electron chi connectivity index (χ0n) is 19.9. The van der Waals surface area contributed by atoms with E-state index in [-0.39, 0.29) is 17.5 Å². The summed E-state index contributed by atoms with van der Waals surface area (Å²) < 4.78 is 6.68. The zero-order chi connectivity index (χ0) is 24.9. The Bertz CT molecular complexity index is 1230. The van der Waals surface area contributed by atoms with E-state index in [2.05, 4.69) is 17.3 Å². The van der Waals surface area contributed by atoms with Gasteiger partial charge in [0.2, 0.25) is 5.91 Å². The first kappa shape index (κ1) is 24.0. The van der Waals surface area contributed by atoms with E-state index < -0.39 is 5.91 Å². The van der Waals surface area contributed by atoms with Gasteiger partial charge in [0.15, 0.2) is 5.69 Å². The summed E-state index contributed by atoms with van der Waals surface area (Å²) in [6, 6.07) is 14.2. The van der Waals surface area contributed by atoms with Crippen molar-refractivity contribution in [2.75, 3.05) is 23.9 Å². The molecule has 0 saturated carbocycles. The summed E-state index contributed by atoms with van der Waals surface area (Å²) in [6.45, 7) is 2.48. The standard InChI is InChI=1S/C26H29N5O4/c1-3-4-5-6-22(32)28-17-7-9-18(10-8-17)30-16-15-21-23(25(27)33)29-31(24(21)26(30)34)19-11-13-20(35-2)14-12-19/h7-14H,3-6,15-16H2,1-2H3,(H2,27,33)(H,28,32). The lowest BCUT2D eigenvalue weighted by Gasteiger charge is -2.28. The molecule has 1 aliphatic heterocycles. The van der Waals surface area contributed by atoms with E-state index in [1.54, 1.807) is 60.5 Å². The van der Waals surface area contributed by atoms with Crippen LogP contribution in [0, 0.1) is 0 Å². The zero-order valence-corrected chi connectivity index (χ0v) is 19.9. The lowest BCUT2D eigenvalue weighted by atomic mass is 10.0. The predicted octanol–water partition coefficient (Wildman–Crippen LogP) is 3.70. The number of aromatic nitrogens is 2. The Morgan fingerprint density at radius 2 is 1.74 bits per heavy atom. The van der Waals surface area contributed by atoms with Crippen LogP contribution in [0.1, 0.15) is 59.1 Å². The minimum atomic E-state index is -0.672. The Balaban J connectivity index is 1.59. The van der Waals surface area contributed by atoms with E-state index in [0.717, 1.165) is 19.3 Å². The number of carbonyl (C=O) groups is 3. The van der Waals surface area contributed by atoms with Crippen LogP contribution in [0.2, 0.25) is 0 Å². The first-order valence-electron chi connectivity index (χ1n) is 11.7. The number of nitrogens with two attached hydrogens (primary N) is 1. The minimum Gasteiger partial charge on any atom is -0.497 e. The van der Waals surface area contributed by atoms with Gasteiger partial charge < -0.3 is 20.7 Å². The molecule has 9 heteroatoms. The summed E-state index contributed by atoms with van der Waals surface area (Å²) in [4.78, 5) is 39.4. The molecule has 0 radical (unpaired) electrons. The van der Waals surface area contributed by atoms with Crippen molar-refractivity contribution in [3.63, 3.8) is 0 Å². The summed E-state index contributed by atoms with van der Waals surface area (Å²) in [5, 5.41) is 7.27. The maximum absolute atomic E-state index is 13.6. The van der Waals surface area contributed by atoms with Crippen molar-refractivity contribution in [3.8, 4) is 11.4 Å². The number of nitrogens with one attached hydrogen (secondary N) is 1. The Morgan fingerprint density at radius 3 is 2.37 bits per heavy atom. The third kappa shape index (κ3) is 5.03. The van der Waals surface area contributed by atoms with Crippen molar-refractivity contribution in [2.45, 2.75) is 39.0 Å². The van der Waals surface area contributed by atoms with Crippen molar-refractivity contribution < 1.29 is 19.1 Å². The number of primary amides is 1. The number of carbonyl (C=O) groups excluding carboxylic acids is 3. The first-order chi connectivity index (χ1) is 16.9. The predicted molar refractivity (Wildman–Crippen MR) is 133 cm³/mol. The summed E-state index contributed by atoms with van der Waals surface area (Å²) in [5.74, 6) is -0.310. The molecule has 3 N–H and O–H groups in total. The maximum Gasteiger partial charge on any atom is 0.277 e. The number of anilines is 2. The van der Waals surface area contributed by atoms with Gasteiger partial charge in [0.25, 0.3) is 11.8 Å². The van der Waals surface area contributed by atoms with E-state index >= 15 is 0 Å². The van der Waals surface area contributed by atoms with Crippen LogP contribution in [0.15, 0.2) is 48.5 Å². The van der Waals surface area contributed by atoms with Crippen LogP contribution in [0.4, 0.5) is 11.4 Å². The fourth-order valence-electron chi connectivity index (χ4n) is 4.20. The summed E-state index contributed by atoms with van der Waals surface area (Å²) in [7, 11) is 1.57. The number of unbranched alkanes of at least 4 members (excludes halogenated alkanes) is 2.